The summed E-state index contributed by atoms with van der Waals surface area (Å²) in [6.45, 7) is 5.84. The minimum absolute atomic E-state index is 0.109. The highest BCUT2D eigenvalue weighted by atomic mass is 32.2. The lowest BCUT2D eigenvalue weighted by atomic mass is 10.1. The zero-order valence-corrected chi connectivity index (χ0v) is 18.0. The predicted octanol–water partition coefficient (Wildman–Crippen LogP) is 0.493. The first-order valence-corrected chi connectivity index (χ1v) is 11.5. The van der Waals surface area contributed by atoms with Crippen LogP contribution < -0.4 is 10.6 Å². The monoisotopic (exact) mass is 442 g/mol. The molecule has 0 aromatic carbocycles. The Kier molecular flexibility index (Phi) is 8.98. The third-order valence-electron chi connectivity index (χ3n) is 5.41. The smallest absolute Gasteiger partial charge is 0.356 e. The summed E-state index contributed by atoms with van der Waals surface area (Å²) in [6, 6.07) is -0.109. The first-order chi connectivity index (χ1) is 13.6. The van der Waals surface area contributed by atoms with E-state index in [4.69, 9.17) is 0 Å². The molecule has 2 heterocycles. The largest absolute Gasteiger partial charge is 0.511 e. The number of nitrogens with one attached hydrogen (secondary N) is 2. The van der Waals surface area contributed by atoms with Crippen LogP contribution in [0, 0.1) is 0 Å². The maximum Gasteiger partial charge on any atom is 0.511 e. The summed E-state index contributed by atoms with van der Waals surface area (Å²) < 4.78 is 61.4. The van der Waals surface area contributed by atoms with Gasteiger partial charge in [-0.1, -0.05) is 0 Å². The Morgan fingerprint density at radius 3 is 2.41 bits per heavy atom. The highest BCUT2D eigenvalue weighted by molar-refractivity contribution is 7.90. The Balaban J connectivity index is 1.68. The van der Waals surface area contributed by atoms with Gasteiger partial charge >= 0.3 is 15.5 Å². The maximum atomic E-state index is 12.6. The highest BCUT2D eigenvalue weighted by Gasteiger charge is 2.50. The summed E-state index contributed by atoms with van der Waals surface area (Å²) in [5.41, 5.74) is -5.24. The van der Waals surface area contributed by atoms with E-state index in [1.54, 1.807) is 7.05 Å². The van der Waals surface area contributed by atoms with Gasteiger partial charge in [-0.25, -0.2) is 8.42 Å². The van der Waals surface area contributed by atoms with Crippen LogP contribution >= 0.6 is 0 Å². The number of guanidine groups is 1. The van der Waals surface area contributed by atoms with E-state index in [1.165, 1.54) is 6.42 Å². The van der Waals surface area contributed by atoms with Crippen molar-refractivity contribution in [3.8, 4) is 0 Å². The van der Waals surface area contributed by atoms with Gasteiger partial charge in [0.1, 0.15) is 0 Å². The van der Waals surface area contributed by atoms with E-state index in [-0.39, 0.29) is 19.1 Å². The molecular weight excluding hydrogens is 409 g/mol. The van der Waals surface area contributed by atoms with Gasteiger partial charge in [0.15, 0.2) is 5.96 Å². The summed E-state index contributed by atoms with van der Waals surface area (Å²) in [6.07, 6.45) is 2.75. The third kappa shape index (κ3) is 7.26. The van der Waals surface area contributed by atoms with Crippen molar-refractivity contribution in [2.24, 2.45) is 4.99 Å². The van der Waals surface area contributed by atoms with Crippen molar-refractivity contribution in [3.05, 3.63) is 0 Å². The molecule has 0 saturated carbocycles. The summed E-state index contributed by atoms with van der Waals surface area (Å²) >= 11 is 0. The van der Waals surface area contributed by atoms with Crippen LogP contribution in [0.5, 0.6) is 0 Å². The van der Waals surface area contributed by atoms with Gasteiger partial charge in [-0.05, 0) is 52.4 Å². The van der Waals surface area contributed by atoms with E-state index in [1.807, 2.05) is 0 Å². The normalized spacial score (nSPS) is 22.4. The number of hydrogen-bond acceptors (Lipinski definition) is 5. The fraction of sp³-hybridized carbons (Fsp3) is 0.941. The standard InChI is InChI=1S/C17H33F3N6O2S/c1-21-16(22-7-3-9-25-10-4-8-24(2)13-14-25)23-15-5-11-26(12-6-15)29(27,28)17(18,19)20/h15H,3-14H2,1-2H3,(H2,21,22,23). The van der Waals surface area contributed by atoms with E-state index in [2.05, 4.69) is 32.5 Å². The topological polar surface area (TPSA) is 80.3 Å². The average Bonchev–Trinajstić information content (AvgIpc) is 2.88. The number of rotatable bonds is 6. The van der Waals surface area contributed by atoms with Gasteiger partial charge in [-0.2, -0.15) is 17.5 Å². The van der Waals surface area contributed by atoms with Gasteiger partial charge in [-0.3, -0.25) is 4.99 Å². The number of hydrogen-bond donors (Lipinski definition) is 2. The summed E-state index contributed by atoms with van der Waals surface area (Å²) in [4.78, 5) is 8.96. The van der Waals surface area contributed by atoms with Crippen LogP contribution in [-0.2, 0) is 10.0 Å². The van der Waals surface area contributed by atoms with Crippen molar-refractivity contribution in [1.29, 1.82) is 0 Å². The van der Waals surface area contributed by atoms with Gasteiger partial charge in [0.25, 0.3) is 0 Å². The molecule has 2 aliphatic rings. The first-order valence-electron chi connectivity index (χ1n) is 10.1. The van der Waals surface area contributed by atoms with Crippen LogP contribution in [0.3, 0.4) is 0 Å². The number of likely N-dealkylation sites (N-methyl/N-ethyl adjacent to an activating group) is 1. The van der Waals surface area contributed by atoms with Crippen LogP contribution in [0.25, 0.3) is 0 Å². The van der Waals surface area contributed by atoms with Crippen LogP contribution in [0.15, 0.2) is 4.99 Å². The van der Waals surface area contributed by atoms with Gasteiger partial charge in [-0.15, -0.1) is 0 Å². The molecule has 29 heavy (non-hydrogen) atoms. The van der Waals surface area contributed by atoms with Gasteiger partial charge in [0.2, 0.25) is 0 Å². The van der Waals surface area contributed by atoms with E-state index < -0.39 is 15.5 Å². The molecule has 0 aromatic rings. The molecule has 8 nitrogen and oxygen atoms in total. The van der Waals surface area contributed by atoms with Crippen molar-refractivity contribution < 1.29 is 21.6 Å². The lowest BCUT2D eigenvalue weighted by Crippen LogP contribution is -2.51. The number of sulfonamides is 1. The van der Waals surface area contributed by atoms with Gasteiger partial charge in [0, 0.05) is 45.8 Å². The van der Waals surface area contributed by atoms with Crippen molar-refractivity contribution in [2.45, 2.75) is 37.2 Å². The molecule has 12 heteroatoms. The molecule has 0 bridgehead atoms. The second kappa shape index (κ2) is 10.8. The molecule has 2 saturated heterocycles. The summed E-state index contributed by atoms with van der Waals surface area (Å²) in [7, 11) is -1.45. The fourth-order valence-electron chi connectivity index (χ4n) is 3.61. The third-order valence-corrected chi connectivity index (χ3v) is 7.04. The molecule has 2 rings (SSSR count). The Morgan fingerprint density at radius 2 is 1.79 bits per heavy atom. The van der Waals surface area contributed by atoms with E-state index in [9.17, 15) is 21.6 Å². The van der Waals surface area contributed by atoms with Crippen molar-refractivity contribution in [3.63, 3.8) is 0 Å². The molecule has 0 aromatic heterocycles. The van der Waals surface area contributed by atoms with Crippen LogP contribution in [0.1, 0.15) is 25.7 Å². The number of alkyl halides is 3. The lowest BCUT2D eigenvalue weighted by Gasteiger charge is -2.32. The molecule has 0 atom stereocenters. The Morgan fingerprint density at radius 1 is 1.10 bits per heavy atom. The molecule has 0 amide bonds. The Hall–Kier alpha value is -1.11. The quantitative estimate of drug-likeness (QED) is 0.354. The SMILES string of the molecule is CN=C(NCCCN1CCCN(C)CC1)NC1CCN(S(=O)(=O)C(F)(F)F)CC1. The molecule has 0 spiro atoms. The second-order valence-electron chi connectivity index (χ2n) is 7.62. The number of piperidine rings is 1. The van der Waals surface area contributed by atoms with E-state index in [0.717, 1.165) is 45.7 Å². The van der Waals surface area contributed by atoms with Crippen LogP contribution in [-0.4, -0.2) is 106 Å². The minimum Gasteiger partial charge on any atom is -0.356 e. The zero-order chi connectivity index (χ0) is 21.5. The number of aliphatic imine (C=N–C) groups is 1. The lowest BCUT2D eigenvalue weighted by molar-refractivity contribution is -0.0494. The molecule has 170 valence electrons. The van der Waals surface area contributed by atoms with Gasteiger partial charge < -0.3 is 20.4 Å². The number of nitrogens with zero attached hydrogens (tertiary/aromatic N) is 4. The van der Waals surface area contributed by atoms with Crippen molar-refractivity contribution >= 4 is 16.0 Å². The zero-order valence-electron chi connectivity index (χ0n) is 17.2. The Labute approximate surface area is 171 Å². The van der Waals surface area contributed by atoms with Gasteiger partial charge in [0.05, 0.1) is 0 Å². The molecule has 0 radical (unpaired) electrons. The number of halogens is 3. The van der Waals surface area contributed by atoms with E-state index >= 15 is 0 Å². The van der Waals surface area contributed by atoms with Crippen LogP contribution in [0.2, 0.25) is 0 Å². The Bertz CT molecular complexity index is 636. The maximum absolute atomic E-state index is 12.6. The highest BCUT2D eigenvalue weighted by Crippen LogP contribution is 2.28. The first kappa shape index (κ1) is 24.2. The molecule has 2 aliphatic heterocycles. The fourth-order valence-corrected chi connectivity index (χ4v) is 4.59. The second-order valence-corrected chi connectivity index (χ2v) is 9.55. The molecule has 2 fully saturated rings. The molecule has 0 aliphatic carbocycles. The molecule has 2 N–H and O–H groups in total. The van der Waals surface area contributed by atoms with E-state index in [0.29, 0.717) is 23.1 Å². The van der Waals surface area contributed by atoms with Crippen LogP contribution in [0.4, 0.5) is 13.2 Å². The average molecular weight is 443 g/mol. The molecular formula is C17H33F3N6O2S. The summed E-state index contributed by atoms with van der Waals surface area (Å²) in [5.74, 6) is 0.595. The minimum atomic E-state index is -5.24. The molecule has 0 unspecified atom stereocenters. The summed E-state index contributed by atoms with van der Waals surface area (Å²) in [5, 5.41) is 6.42. The predicted molar refractivity (Wildman–Crippen MR) is 107 cm³/mol. The van der Waals surface area contributed by atoms with Crippen molar-refractivity contribution in [2.75, 3.05) is 66.5 Å². The van der Waals surface area contributed by atoms with Crippen molar-refractivity contribution in [1.82, 2.24) is 24.7 Å².